The average molecular weight is 529 g/mol. The monoisotopic (exact) mass is 528 g/mol. The van der Waals surface area contributed by atoms with Gasteiger partial charge in [-0.05, 0) is 73.5 Å². The molecule has 5 aromatic rings. The standard InChI is InChI=1S/C29H28N4O4S/c1-4-33-26-9-7-23(38(3,35)36)14-21(26)16-27(33)29(34)32-11-12-37-28-10-6-19(13-22(28)17-32)20-5-8-24-25(15-20)31-18(2)30-24/h5-10,13-16H,4,11-12,17H2,1-3H3,(H,30,31). The van der Waals surface area contributed by atoms with E-state index in [-0.39, 0.29) is 10.8 Å². The molecule has 194 valence electrons. The Kier molecular flexibility index (Phi) is 5.75. The lowest BCUT2D eigenvalue weighted by Crippen LogP contribution is -2.33. The van der Waals surface area contributed by atoms with Crippen molar-refractivity contribution < 1.29 is 17.9 Å². The molecule has 0 fully saturated rings. The number of carbonyl (C=O) groups excluding carboxylic acids is 1. The summed E-state index contributed by atoms with van der Waals surface area (Å²) in [6, 6.07) is 19.0. The molecule has 8 nitrogen and oxygen atoms in total. The fourth-order valence-corrected chi connectivity index (χ4v) is 5.88. The quantitative estimate of drug-likeness (QED) is 0.356. The van der Waals surface area contributed by atoms with Crippen LogP contribution < -0.4 is 4.74 Å². The van der Waals surface area contributed by atoms with E-state index in [2.05, 4.69) is 28.2 Å². The van der Waals surface area contributed by atoms with Crippen LogP contribution >= 0.6 is 0 Å². The number of imidazole rings is 1. The van der Waals surface area contributed by atoms with Crippen LogP contribution in [0.5, 0.6) is 5.75 Å². The number of carbonyl (C=O) groups is 1. The Labute approximate surface area is 220 Å². The van der Waals surface area contributed by atoms with Crippen LogP contribution in [0.1, 0.15) is 28.8 Å². The van der Waals surface area contributed by atoms with Gasteiger partial charge in [-0.2, -0.15) is 0 Å². The summed E-state index contributed by atoms with van der Waals surface area (Å²) in [7, 11) is -3.35. The zero-order chi connectivity index (χ0) is 26.6. The summed E-state index contributed by atoms with van der Waals surface area (Å²) in [5.74, 6) is 1.54. The number of benzene rings is 3. The van der Waals surface area contributed by atoms with Gasteiger partial charge < -0.3 is 19.2 Å². The molecule has 0 saturated carbocycles. The first kappa shape index (κ1) is 24.2. The first-order chi connectivity index (χ1) is 18.2. The van der Waals surface area contributed by atoms with Gasteiger partial charge in [-0.3, -0.25) is 4.79 Å². The maximum Gasteiger partial charge on any atom is 0.270 e. The van der Waals surface area contributed by atoms with Crippen molar-refractivity contribution in [2.75, 3.05) is 19.4 Å². The Morgan fingerprint density at radius 3 is 2.63 bits per heavy atom. The van der Waals surface area contributed by atoms with Crippen molar-refractivity contribution in [3.63, 3.8) is 0 Å². The van der Waals surface area contributed by atoms with E-state index in [1.165, 1.54) is 6.26 Å². The van der Waals surface area contributed by atoms with Gasteiger partial charge in [-0.1, -0.05) is 12.1 Å². The minimum absolute atomic E-state index is 0.111. The van der Waals surface area contributed by atoms with Crippen molar-refractivity contribution in [1.82, 2.24) is 19.4 Å². The molecule has 3 aromatic carbocycles. The van der Waals surface area contributed by atoms with E-state index in [0.717, 1.165) is 50.2 Å². The Morgan fingerprint density at radius 1 is 1.05 bits per heavy atom. The molecule has 0 aliphatic carbocycles. The lowest BCUT2D eigenvalue weighted by atomic mass is 10.0. The summed E-state index contributed by atoms with van der Waals surface area (Å²) < 4.78 is 32.1. The smallest absolute Gasteiger partial charge is 0.270 e. The van der Waals surface area contributed by atoms with Crippen molar-refractivity contribution >= 4 is 37.7 Å². The Balaban J connectivity index is 1.34. The summed E-state index contributed by atoms with van der Waals surface area (Å²) in [6.07, 6.45) is 1.19. The number of hydrogen-bond donors (Lipinski definition) is 1. The second kappa shape index (κ2) is 9.02. The second-order valence-electron chi connectivity index (χ2n) is 9.72. The van der Waals surface area contributed by atoms with Crippen LogP contribution in [0.2, 0.25) is 0 Å². The summed E-state index contributed by atoms with van der Waals surface area (Å²) in [6.45, 7) is 5.75. The number of nitrogens with one attached hydrogen (secondary N) is 1. The first-order valence-corrected chi connectivity index (χ1v) is 14.5. The van der Waals surface area contributed by atoms with Crippen molar-refractivity contribution in [2.24, 2.45) is 0 Å². The molecule has 0 atom stereocenters. The van der Waals surface area contributed by atoms with Gasteiger partial charge in [0.05, 0.1) is 22.5 Å². The van der Waals surface area contributed by atoms with Crippen LogP contribution in [0.15, 0.2) is 65.6 Å². The van der Waals surface area contributed by atoms with Gasteiger partial charge >= 0.3 is 0 Å². The normalized spacial score (nSPS) is 13.9. The van der Waals surface area contributed by atoms with Gasteiger partial charge in [0.1, 0.15) is 23.9 Å². The van der Waals surface area contributed by atoms with Crippen molar-refractivity contribution in [2.45, 2.75) is 31.8 Å². The zero-order valence-electron chi connectivity index (χ0n) is 21.5. The van der Waals surface area contributed by atoms with Gasteiger partial charge in [0.25, 0.3) is 5.91 Å². The predicted molar refractivity (Wildman–Crippen MR) is 147 cm³/mol. The molecule has 1 aliphatic rings. The molecule has 2 aromatic heterocycles. The SMILES string of the molecule is CCn1c(C(=O)N2CCOc3ccc(-c4ccc5nc(C)[nH]c5c4)cc3C2)cc2cc(S(C)(=O)=O)ccc21. The molecule has 0 saturated heterocycles. The van der Waals surface area contributed by atoms with Crippen LogP contribution in [0, 0.1) is 6.92 Å². The number of ether oxygens (including phenoxy) is 1. The minimum Gasteiger partial charge on any atom is -0.491 e. The molecule has 0 radical (unpaired) electrons. The first-order valence-electron chi connectivity index (χ1n) is 12.6. The maximum atomic E-state index is 13.8. The highest BCUT2D eigenvalue weighted by Gasteiger charge is 2.25. The number of fused-ring (bicyclic) bond motifs is 3. The highest BCUT2D eigenvalue weighted by Crippen LogP contribution is 2.32. The van der Waals surface area contributed by atoms with Crippen LogP contribution in [-0.2, 0) is 22.9 Å². The minimum atomic E-state index is -3.35. The topological polar surface area (TPSA) is 97.3 Å². The summed E-state index contributed by atoms with van der Waals surface area (Å²) in [4.78, 5) is 23.6. The third-order valence-electron chi connectivity index (χ3n) is 7.10. The Morgan fingerprint density at radius 2 is 1.84 bits per heavy atom. The molecular weight excluding hydrogens is 500 g/mol. The second-order valence-corrected chi connectivity index (χ2v) is 11.7. The number of H-pyrrole nitrogens is 1. The number of aromatic nitrogens is 3. The molecule has 0 unspecified atom stereocenters. The van der Waals surface area contributed by atoms with E-state index in [4.69, 9.17) is 4.74 Å². The lowest BCUT2D eigenvalue weighted by Gasteiger charge is -2.21. The highest BCUT2D eigenvalue weighted by atomic mass is 32.2. The van der Waals surface area contributed by atoms with Crippen LogP contribution in [0.4, 0.5) is 0 Å². The summed E-state index contributed by atoms with van der Waals surface area (Å²) in [5.41, 5.74) is 6.30. The zero-order valence-corrected chi connectivity index (χ0v) is 22.3. The number of sulfone groups is 1. The predicted octanol–water partition coefficient (Wildman–Crippen LogP) is 4.95. The molecule has 1 N–H and O–H groups in total. The third kappa shape index (κ3) is 4.22. The van der Waals surface area contributed by atoms with E-state index >= 15 is 0 Å². The van der Waals surface area contributed by atoms with Crippen molar-refractivity contribution in [3.05, 3.63) is 77.7 Å². The molecule has 0 bridgehead atoms. The van der Waals surface area contributed by atoms with E-state index in [1.807, 2.05) is 36.6 Å². The highest BCUT2D eigenvalue weighted by molar-refractivity contribution is 7.90. The van der Waals surface area contributed by atoms with E-state index in [1.54, 1.807) is 29.2 Å². The molecule has 3 heterocycles. The average Bonchev–Trinajstić information content (AvgIpc) is 3.37. The van der Waals surface area contributed by atoms with Crippen LogP contribution in [0.25, 0.3) is 33.1 Å². The number of hydrogen-bond acceptors (Lipinski definition) is 5. The van der Waals surface area contributed by atoms with E-state index in [9.17, 15) is 13.2 Å². The van der Waals surface area contributed by atoms with E-state index < -0.39 is 9.84 Å². The van der Waals surface area contributed by atoms with Crippen molar-refractivity contribution in [3.8, 4) is 16.9 Å². The fraction of sp³-hybridized carbons (Fsp3) is 0.241. The van der Waals surface area contributed by atoms with Gasteiger partial charge in [0, 0.05) is 35.8 Å². The summed E-state index contributed by atoms with van der Waals surface area (Å²) in [5, 5.41) is 0.733. The van der Waals surface area contributed by atoms with Crippen LogP contribution in [0.3, 0.4) is 0 Å². The Hall–Kier alpha value is -4.11. The fourth-order valence-electron chi connectivity index (χ4n) is 5.22. The Bertz CT molecular complexity index is 1830. The lowest BCUT2D eigenvalue weighted by molar-refractivity contribution is 0.0723. The van der Waals surface area contributed by atoms with Crippen LogP contribution in [-0.4, -0.2) is 53.2 Å². The molecule has 0 spiro atoms. The van der Waals surface area contributed by atoms with Gasteiger partial charge in [0.2, 0.25) is 0 Å². The van der Waals surface area contributed by atoms with Gasteiger partial charge in [0.15, 0.2) is 9.84 Å². The molecule has 6 rings (SSSR count). The molecule has 38 heavy (non-hydrogen) atoms. The van der Waals surface area contributed by atoms with E-state index in [0.29, 0.717) is 31.9 Å². The molecule has 1 amide bonds. The third-order valence-corrected chi connectivity index (χ3v) is 8.21. The molecule has 9 heteroatoms. The molecular formula is C29H28N4O4S. The number of amides is 1. The number of aromatic amines is 1. The largest absolute Gasteiger partial charge is 0.491 e. The van der Waals surface area contributed by atoms with Gasteiger partial charge in [-0.15, -0.1) is 0 Å². The maximum absolute atomic E-state index is 13.8. The molecule has 1 aliphatic heterocycles. The summed E-state index contributed by atoms with van der Waals surface area (Å²) >= 11 is 0. The number of rotatable bonds is 4. The van der Waals surface area contributed by atoms with Gasteiger partial charge in [-0.25, -0.2) is 13.4 Å². The van der Waals surface area contributed by atoms with Crippen molar-refractivity contribution in [1.29, 1.82) is 0 Å². The number of nitrogens with zero attached hydrogens (tertiary/aromatic N) is 3. The number of aryl methyl sites for hydroxylation is 2.